The van der Waals surface area contributed by atoms with Crippen molar-refractivity contribution in [3.05, 3.63) is 65.7 Å². The molecule has 0 atom stereocenters. The average Bonchev–Trinajstić information content (AvgIpc) is 2.53. The quantitative estimate of drug-likeness (QED) is 0.864. The lowest BCUT2D eigenvalue weighted by atomic mass is 10.0. The van der Waals surface area contributed by atoms with E-state index in [0.717, 1.165) is 24.9 Å². The van der Waals surface area contributed by atoms with Crippen LogP contribution in [0.1, 0.15) is 22.3 Å². The first kappa shape index (κ1) is 12.9. The fourth-order valence-electron chi connectivity index (χ4n) is 2.59. The lowest BCUT2D eigenvalue weighted by Gasteiger charge is -2.31. The van der Waals surface area contributed by atoms with E-state index < -0.39 is 0 Å². The van der Waals surface area contributed by atoms with Gasteiger partial charge >= 0.3 is 0 Å². The monoisotopic (exact) mass is 266 g/mol. The molecule has 1 aliphatic heterocycles. The average molecular weight is 266 g/mol. The van der Waals surface area contributed by atoms with E-state index in [4.69, 9.17) is 0 Å². The highest BCUT2D eigenvalue weighted by Gasteiger charge is 2.16. The molecule has 3 nitrogen and oxygen atoms in total. The number of Topliss-reactive ketones (excluding diaryl/α,β-unsaturated/α-hetero) is 1. The molecule has 1 N–H and O–H groups in total. The van der Waals surface area contributed by atoms with Gasteiger partial charge in [0, 0.05) is 12.1 Å². The largest absolute Gasteiger partial charge is 0.308 e. The molecule has 102 valence electrons. The summed E-state index contributed by atoms with van der Waals surface area (Å²) < 4.78 is 0. The zero-order valence-corrected chi connectivity index (χ0v) is 11.4. The first-order valence-corrected chi connectivity index (χ1v) is 7.02. The molecule has 0 radical (unpaired) electrons. The summed E-state index contributed by atoms with van der Waals surface area (Å²) in [4.78, 5) is 12.1. The van der Waals surface area contributed by atoms with Crippen molar-refractivity contribution in [3.8, 4) is 0 Å². The highest BCUT2D eigenvalue weighted by atomic mass is 16.1. The molecule has 0 fully saturated rings. The Morgan fingerprint density at radius 3 is 2.65 bits per heavy atom. The number of hydrazine groups is 1. The fraction of sp³-hybridized carbons (Fsp3) is 0.235. The van der Waals surface area contributed by atoms with Gasteiger partial charge in [0.15, 0.2) is 5.78 Å². The summed E-state index contributed by atoms with van der Waals surface area (Å²) in [6.07, 6.45) is 2.23. The minimum Gasteiger partial charge on any atom is -0.308 e. The Labute approximate surface area is 119 Å². The SMILES string of the molecule is O=C(CNN1CCCc2ccccc21)c1ccccc1. The minimum atomic E-state index is 0.119. The summed E-state index contributed by atoms with van der Waals surface area (Å²) in [5, 5.41) is 2.10. The van der Waals surface area contributed by atoms with E-state index in [2.05, 4.69) is 28.6 Å². The molecule has 0 saturated carbocycles. The summed E-state index contributed by atoms with van der Waals surface area (Å²) >= 11 is 0. The molecule has 0 spiro atoms. The number of anilines is 1. The molecule has 0 saturated heterocycles. The van der Waals surface area contributed by atoms with Crippen LogP contribution in [-0.4, -0.2) is 18.9 Å². The predicted octanol–water partition coefficient (Wildman–Crippen LogP) is 2.83. The van der Waals surface area contributed by atoms with E-state index in [9.17, 15) is 4.79 Å². The van der Waals surface area contributed by atoms with Crippen LogP contribution in [0.2, 0.25) is 0 Å². The Hall–Kier alpha value is -2.13. The second-order valence-corrected chi connectivity index (χ2v) is 5.01. The van der Waals surface area contributed by atoms with Crippen LogP contribution in [0.5, 0.6) is 0 Å². The number of nitrogens with zero attached hydrogens (tertiary/aromatic N) is 1. The smallest absolute Gasteiger partial charge is 0.178 e. The van der Waals surface area contributed by atoms with Crippen LogP contribution in [0.3, 0.4) is 0 Å². The first-order chi connectivity index (χ1) is 9.84. The second kappa shape index (κ2) is 5.88. The molecule has 1 aliphatic rings. The molecular formula is C17H18N2O. The maximum atomic E-state index is 12.1. The first-order valence-electron chi connectivity index (χ1n) is 7.02. The van der Waals surface area contributed by atoms with Gasteiger partial charge in [-0.3, -0.25) is 4.79 Å². The third kappa shape index (κ3) is 2.73. The number of nitrogens with one attached hydrogen (secondary N) is 1. The molecule has 2 aromatic carbocycles. The number of ketones is 1. The lowest BCUT2D eigenvalue weighted by molar-refractivity contribution is 0.0990. The zero-order valence-electron chi connectivity index (χ0n) is 11.4. The summed E-state index contributed by atoms with van der Waals surface area (Å²) in [5.74, 6) is 0.119. The molecule has 20 heavy (non-hydrogen) atoms. The Morgan fingerprint density at radius 1 is 1.05 bits per heavy atom. The normalized spacial score (nSPS) is 13.9. The molecule has 2 aromatic rings. The van der Waals surface area contributed by atoms with Gasteiger partial charge in [-0.1, -0.05) is 48.5 Å². The van der Waals surface area contributed by atoms with E-state index in [-0.39, 0.29) is 5.78 Å². The van der Waals surface area contributed by atoms with E-state index in [1.807, 2.05) is 36.4 Å². The molecule has 0 unspecified atom stereocenters. The summed E-state index contributed by atoms with van der Waals surface area (Å²) in [6.45, 7) is 1.28. The molecule has 1 heterocycles. The summed E-state index contributed by atoms with van der Waals surface area (Å²) in [5.41, 5.74) is 6.55. The van der Waals surface area contributed by atoms with Crippen LogP contribution in [-0.2, 0) is 6.42 Å². The van der Waals surface area contributed by atoms with E-state index in [0.29, 0.717) is 6.54 Å². The molecule has 0 aliphatic carbocycles. The Kier molecular flexibility index (Phi) is 3.79. The van der Waals surface area contributed by atoms with E-state index in [1.165, 1.54) is 11.3 Å². The van der Waals surface area contributed by atoms with Crippen molar-refractivity contribution >= 4 is 11.5 Å². The molecule has 0 amide bonds. The van der Waals surface area contributed by atoms with Crippen molar-refractivity contribution in [1.82, 2.24) is 5.43 Å². The van der Waals surface area contributed by atoms with Crippen LogP contribution >= 0.6 is 0 Å². The number of carbonyl (C=O) groups excluding carboxylic acids is 1. The van der Waals surface area contributed by atoms with Gasteiger partial charge in [-0.05, 0) is 24.5 Å². The number of para-hydroxylation sites is 1. The molecule has 3 heteroatoms. The highest BCUT2D eigenvalue weighted by molar-refractivity contribution is 5.97. The van der Waals surface area contributed by atoms with Gasteiger partial charge in [0.2, 0.25) is 0 Å². The molecular weight excluding hydrogens is 248 g/mol. The van der Waals surface area contributed by atoms with Crippen molar-refractivity contribution < 1.29 is 4.79 Å². The van der Waals surface area contributed by atoms with Crippen LogP contribution in [0, 0.1) is 0 Å². The van der Waals surface area contributed by atoms with Gasteiger partial charge in [-0.15, -0.1) is 0 Å². The molecule has 0 bridgehead atoms. The Balaban J connectivity index is 1.67. The molecule has 3 rings (SSSR count). The zero-order chi connectivity index (χ0) is 13.8. The number of benzene rings is 2. The summed E-state index contributed by atoms with van der Waals surface area (Å²) in [6, 6.07) is 17.8. The predicted molar refractivity (Wildman–Crippen MR) is 80.9 cm³/mol. The van der Waals surface area contributed by atoms with Crippen molar-refractivity contribution in [2.75, 3.05) is 18.1 Å². The van der Waals surface area contributed by atoms with Crippen molar-refractivity contribution in [1.29, 1.82) is 0 Å². The Bertz CT molecular complexity index is 595. The number of hydrogen-bond donors (Lipinski definition) is 1. The van der Waals surface area contributed by atoms with Crippen molar-refractivity contribution in [3.63, 3.8) is 0 Å². The highest BCUT2D eigenvalue weighted by Crippen LogP contribution is 2.24. The van der Waals surface area contributed by atoms with Gasteiger partial charge in [0.05, 0.1) is 12.2 Å². The maximum Gasteiger partial charge on any atom is 0.178 e. The number of fused-ring (bicyclic) bond motifs is 1. The number of hydrogen-bond acceptors (Lipinski definition) is 3. The number of aryl methyl sites for hydroxylation is 1. The van der Waals surface area contributed by atoms with Gasteiger partial charge in [-0.25, -0.2) is 5.43 Å². The van der Waals surface area contributed by atoms with Crippen LogP contribution in [0.25, 0.3) is 0 Å². The molecule has 0 aromatic heterocycles. The van der Waals surface area contributed by atoms with Gasteiger partial charge in [-0.2, -0.15) is 0 Å². The van der Waals surface area contributed by atoms with Crippen molar-refractivity contribution in [2.24, 2.45) is 0 Å². The topological polar surface area (TPSA) is 32.3 Å². The van der Waals surface area contributed by atoms with Gasteiger partial charge < -0.3 is 5.01 Å². The van der Waals surface area contributed by atoms with Crippen molar-refractivity contribution in [2.45, 2.75) is 12.8 Å². The minimum absolute atomic E-state index is 0.119. The summed E-state index contributed by atoms with van der Waals surface area (Å²) in [7, 11) is 0. The van der Waals surface area contributed by atoms with E-state index >= 15 is 0 Å². The fourth-order valence-corrected chi connectivity index (χ4v) is 2.59. The van der Waals surface area contributed by atoms with Crippen LogP contribution in [0.15, 0.2) is 54.6 Å². The van der Waals surface area contributed by atoms with E-state index in [1.54, 1.807) is 0 Å². The van der Waals surface area contributed by atoms with Crippen LogP contribution in [0.4, 0.5) is 5.69 Å². The third-order valence-corrected chi connectivity index (χ3v) is 3.64. The number of carbonyl (C=O) groups is 1. The van der Waals surface area contributed by atoms with Crippen LogP contribution < -0.4 is 10.4 Å². The van der Waals surface area contributed by atoms with Gasteiger partial charge in [0.1, 0.15) is 0 Å². The maximum absolute atomic E-state index is 12.1. The second-order valence-electron chi connectivity index (χ2n) is 5.01. The number of rotatable bonds is 4. The lowest BCUT2D eigenvalue weighted by Crippen LogP contribution is -2.44. The van der Waals surface area contributed by atoms with Gasteiger partial charge in [0.25, 0.3) is 0 Å². The third-order valence-electron chi connectivity index (χ3n) is 3.64. The standard InChI is InChI=1S/C17H18N2O/c20-17(15-8-2-1-3-9-15)13-18-19-12-6-10-14-7-4-5-11-16(14)19/h1-5,7-9,11,18H,6,10,12-13H2. The Morgan fingerprint density at radius 2 is 1.80 bits per heavy atom.